The molecule has 4 heteroatoms. The predicted octanol–water partition coefficient (Wildman–Crippen LogP) is 13.6. The molecule has 0 N–H and O–H groups in total. The fraction of sp³-hybridized carbons (Fsp3) is 0. The molecule has 0 aliphatic rings. The normalized spacial score (nSPS) is 13.7. The summed E-state index contributed by atoms with van der Waals surface area (Å²) in [5, 5.41) is 5.09. The molecule has 0 bridgehead atoms. The van der Waals surface area contributed by atoms with Crippen molar-refractivity contribution in [2.75, 3.05) is 0 Å². The highest BCUT2D eigenvalue weighted by Crippen LogP contribution is 2.36. The van der Waals surface area contributed by atoms with Gasteiger partial charge in [0.05, 0.1) is 23.4 Å². The Labute approximate surface area is 342 Å². The second kappa shape index (κ2) is 13.6. The minimum Gasteiger partial charge on any atom is -0.309 e. The Hall–Kier alpha value is -7.69. The number of hydrogen-bond donors (Lipinski definition) is 0. The molecule has 0 saturated heterocycles. The summed E-state index contributed by atoms with van der Waals surface area (Å²) in [5.74, 6) is 1.41. The van der Waals surface area contributed by atoms with Gasteiger partial charge in [-0.05, 0) is 98.4 Å². The molecule has 0 atom stereocenters. The smallest absolute Gasteiger partial charge is 0.164 e. The molecule has 0 saturated carbocycles. The number of benzene rings is 9. The van der Waals surface area contributed by atoms with Crippen LogP contribution in [0.15, 0.2) is 206 Å². The highest BCUT2D eigenvalue weighted by atomic mass is 15.0. The second-order valence-corrected chi connectivity index (χ2v) is 13.8. The topological polar surface area (TPSA) is 43.6 Å². The summed E-state index contributed by atoms with van der Waals surface area (Å²) in [6.45, 7) is 0. The van der Waals surface area contributed by atoms with Crippen LogP contribution in [0.1, 0.15) is 12.3 Å². The van der Waals surface area contributed by atoms with Crippen LogP contribution in [0.4, 0.5) is 0 Å². The van der Waals surface area contributed by atoms with Crippen molar-refractivity contribution in [1.29, 1.82) is 0 Å². The van der Waals surface area contributed by atoms with Gasteiger partial charge in [0.15, 0.2) is 17.5 Å². The van der Waals surface area contributed by atoms with Gasteiger partial charge >= 0.3 is 0 Å². The van der Waals surface area contributed by atoms with Crippen molar-refractivity contribution >= 4 is 43.4 Å². The lowest BCUT2D eigenvalue weighted by Crippen LogP contribution is -2.01. The zero-order valence-electron chi connectivity index (χ0n) is 39.2. The fourth-order valence-electron chi connectivity index (χ4n) is 7.69. The monoisotopic (exact) mass is 735 g/mol. The minimum absolute atomic E-state index is 0.00550. The van der Waals surface area contributed by atoms with Crippen molar-refractivity contribution in [3.05, 3.63) is 206 Å². The highest BCUT2D eigenvalue weighted by molar-refractivity contribution is 6.10. The Morgan fingerprint density at radius 2 is 0.982 bits per heavy atom. The first-order valence-corrected chi connectivity index (χ1v) is 18.5. The van der Waals surface area contributed by atoms with Crippen LogP contribution in [0.3, 0.4) is 0 Å². The van der Waals surface area contributed by atoms with E-state index in [4.69, 9.17) is 27.3 Å². The van der Waals surface area contributed by atoms with E-state index in [1.54, 1.807) is 22.8 Å². The van der Waals surface area contributed by atoms with Crippen molar-refractivity contribution in [1.82, 2.24) is 19.5 Å². The number of rotatable bonds is 6. The SMILES string of the molecule is [2H]c1c([2H])c([2H])c(-c2ccc3c(c2)c2c([2H])c([2H])c([2H])c([2H])c2n3-c2ccc(-c3nc(-c4cccc(-c5cccc6ccccc56)c4)nc(-c4ccc5ccccc5c4)n3)cc2)c([2H])c1[2H]. The Balaban J connectivity index is 1.07. The highest BCUT2D eigenvalue weighted by Gasteiger charge is 2.17. The standard InChI is InChI=1S/C53H34N4/c1-2-12-35(13-3-1)40-28-31-50-48(34-40)47-21-8-9-23-49(47)57(50)44-29-26-38(27-30-44)51-54-52(56-53(55-51)43-25-24-36-14-4-5-16-39(36)32-43)42-19-10-18-41(33-42)46-22-11-17-37-15-6-7-20-45(37)46/h1-34H/i1D,2D,3D,8D,9D,12D,13D,21D,23D. The number of fused-ring (bicyclic) bond motifs is 5. The maximum atomic E-state index is 9.09. The number of para-hydroxylation sites is 1. The molecule has 4 nitrogen and oxygen atoms in total. The van der Waals surface area contributed by atoms with E-state index in [0.29, 0.717) is 45.2 Å². The molecule has 2 heterocycles. The molecule has 9 aromatic carbocycles. The molecule has 2 aromatic heterocycles. The zero-order chi connectivity index (χ0) is 45.5. The summed E-state index contributed by atoms with van der Waals surface area (Å²) in [4.78, 5) is 15.2. The molecule has 11 aromatic rings. The second-order valence-electron chi connectivity index (χ2n) is 13.8. The summed E-state index contributed by atoms with van der Waals surface area (Å²) >= 11 is 0. The lowest BCUT2D eigenvalue weighted by Gasteiger charge is -2.12. The largest absolute Gasteiger partial charge is 0.309 e. The molecule has 11 rings (SSSR count). The third kappa shape index (κ3) is 5.83. The first-order valence-electron chi connectivity index (χ1n) is 23.0. The van der Waals surface area contributed by atoms with Crippen LogP contribution in [-0.4, -0.2) is 19.5 Å². The van der Waals surface area contributed by atoms with E-state index in [-0.39, 0.29) is 40.6 Å². The van der Waals surface area contributed by atoms with E-state index in [9.17, 15) is 0 Å². The van der Waals surface area contributed by atoms with Gasteiger partial charge in [0.2, 0.25) is 0 Å². The van der Waals surface area contributed by atoms with Crippen molar-refractivity contribution < 1.29 is 12.3 Å². The van der Waals surface area contributed by atoms with Crippen LogP contribution in [0.25, 0.3) is 105 Å². The molecule has 0 amide bonds. The maximum Gasteiger partial charge on any atom is 0.164 e. The van der Waals surface area contributed by atoms with Crippen molar-refractivity contribution in [2.24, 2.45) is 0 Å². The van der Waals surface area contributed by atoms with Crippen LogP contribution in [0.2, 0.25) is 0 Å². The summed E-state index contributed by atoms with van der Waals surface area (Å²) in [5.41, 5.74) is 6.09. The number of nitrogens with zero attached hydrogens (tertiary/aromatic N) is 4. The third-order valence-corrected chi connectivity index (χ3v) is 10.4. The third-order valence-electron chi connectivity index (χ3n) is 10.4. The molecule has 266 valence electrons. The average molecular weight is 736 g/mol. The lowest BCUT2D eigenvalue weighted by molar-refractivity contribution is 1.07. The minimum atomic E-state index is -0.506. The van der Waals surface area contributed by atoms with Crippen molar-refractivity contribution in [3.63, 3.8) is 0 Å². The molecular formula is C53H34N4. The first-order chi connectivity index (χ1) is 32.0. The zero-order valence-corrected chi connectivity index (χ0v) is 30.2. The number of aromatic nitrogens is 4. The van der Waals surface area contributed by atoms with Gasteiger partial charge in [-0.1, -0.05) is 151 Å². The molecule has 0 spiro atoms. The average Bonchev–Trinajstić information content (AvgIpc) is 3.70. The Morgan fingerprint density at radius 3 is 1.82 bits per heavy atom. The summed E-state index contributed by atoms with van der Waals surface area (Å²) in [7, 11) is 0. The quantitative estimate of drug-likeness (QED) is 0.171. The lowest BCUT2D eigenvalue weighted by atomic mass is 9.97. The summed E-state index contributed by atoms with van der Waals surface area (Å²) in [6.07, 6.45) is 0. The Morgan fingerprint density at radius 1 is 0.351 bits per heavy atom. The predicted molar refractivity (Wildman–Crippen MR) is 236 cm³/mol. The van der Waals surface area contributed by atoms with Crippen LogP contribution in [0.5, 0.6) is 0 Å². The van der Waals surface area contributed by atoms with Gasteiger partial charge in [-0.2, -0.15) is 0 Å². The Bertz CT molecular complexity index is 3800. The molecule has 0 unspecified atom stereocenters. The van der Waals surface area contributed by atoms with E-state index < -0.39 is 30.2 Å². The van der Waals surface area contributed by atoms with Gasteiger partial charge in [0.25, 0.3) is 0 Å². The van der Waals surface area contributed by atoms with Gasteiger partial charge in [-0.25, -0.2) is 15.0 Å². The van der Waals surface area contributed by atoms with Crippen LogP contribution < -0.4 is 0 Å². The molecular weight excluding hydrogens is 693 g/mol. The van der Waals surface area contributed by atoms with Crippen LogP contribution in [0, 0.1) is 0 Å². The van der Waals surface area contributed by atoms with E-state index in [0.717, 1.165) is 43.8 Å². The van der Waals surface area contributed by atoms with Gasteiger partial charge in [0.1, 0.15) is 0 Å². The fourth-order valence-corrected chi connectivity index (χ4v) is 7.69. The molecule has 57 heavy (non-hydrogen) atoms. The van der Waals surface area contributed by atoms with E-state index >= 15 is 0 Å². The number of hydrogen-bond acceptors (Lipinski definition) is 3. The van der Waals surface area contributed by atoms with E-state index in [2.05, 4.69) is 66.7 Å². The van der Waals surface area contributed by atoms with Crippen LogP contribution >= 0.6 is 0 Å². The molecule has 0 aliphatic carbocycles. The van der Waals surface area contributed by atoms with Crippen LogP contribution in [-0.2, 0) is 0 Å². The van der Waals surface area contributed by atoms with Crippen molar-refractivity contribution in [2.45, 2.75) is 0 Å². The maximum absolute atomic E-state index is 9.09. The summed E-state index contributed by atoms with van der Waals surface area (Å²) in [6, 6.07) is 45.9. The first kappa shape index (κ1) is 24.7. The van der Waals surface area contributed by atoms with E-state index in [1.807, 2.05) is 66.7 Å². The van der Waals surface area contributed by atoms with Gasteiger partial charge in [-0.3, -0.25) is 0 Å². The van der Waals surface area contributed by atoms with E-state index in [1.165, 1.54) is 0 Å². The van der Waals surface area contributed by atoms with Gasteiger partial charge in [0, 0.05) is 33.2 Å². The summed E-state index contributed by atoms with van der Waals surface area (Å²) < 4.78 is 79.0. The molecule has 0 aliphatic heterocycles. The van der Waals surface area contributed by atoms with Gasteiger partial charge < -0.3 is 4.57 Å². The molecule has 0 radical (unpaired) electrons. The Kier molecular flexibility index (Phi) is 5.87. The van der Waals surface area contributed by atoms with Gasteiger partial charge in [-0.15, -0.1) is 0 Å². The molecule has 0 fully saturated rings. The van der Waals surface area contributed by atoms with Crippen molar-refractivity contribution in [3.8, 4) is 62.1 Å².